The van der Waals surface area contributed by atoms with Crippen molar-refractivity contribution >= 4 is 10.9 Å². The molecular formula is C13H14N2O. The van der Waals surface area contributed by atoms with Gasteiger partial charge in [-0.2, -0.15) is 0 Å². The summed E-state index contributed by atoms with van der Waals surface area (Å²) in [4.78, 5) is 4.46. The lowest BCUT2D eigenvalue weighted by atomic mass is 10.1. The van der Waals surface area contributed by atoms with Gasteiger partial charge < -0.3 is 10.1 Å². The molecule has 3 heteroatoms. The van der Waals surface area contributed by atoms with Gasteiger partial charge >= 0.3 is 0 Å². The first kappa shape index (κ1) is 9.75. The van der Waals surface area contributed by atoms with Crippen molar-refractivity contribution < 1.29 is 4.74 Å². The molecule has 1 aromatic heterocycles. The first-order valence-electron chi connectivity index (χ1n) is 5.59. The van der Waals surface area contributed by atoms with Crippen LogP contribution >= 0.6 is 0 Å². The number of hydrogen-bond donors (Lipinski definition) is 1. The summed E-state index contributed by atoms with van der Waals surface area (Å²) in [7, 11) is 0. The van der Waals surface area contributed by atoms with Crippen molar-refractivity contribution in [2.24, 2.45) is 0 Å². The van der Waals surface area contributed by atoms with E-state index in [4.69, 9.17) is 4.74 Å². The Hall–Kier alpha value is -1.45. The lowest BCUT2D eigenvalue weighted by molar-refractivity contribution is 0.0768. The van der Waals surface area contributed by atoms with Crippen LogP contribution in [0.15, 0.2) is 36.5 Å². The van der Waals surface area contributed by atoms with Crippen molar-refractivity contribution in [2.75, 3.05) is 19.8 Å². The second-order valence-electron chi connectivity index (χ2n) is 4.04. The average molecular weight is 214 g/mol. The Balaban J connectivity index is 1.97. The number of rotatable bonds is 1. The number of nitrogens with one attached hydrogen (secondary N) is 1. The zero-order valence-electron chi connectivity index (χ0n) is 9.02. The molecule has 1 saturated heterocycles. The SMILES string of the molecule is c1ccc2ncc(C3COCCN3)cc2c1. The van der Waals surface area contributed by atoms with Gasteiger partial charge in [-0.3, -0.25) is 4.98 Å². The molecule has 0 aliphatic carbocycles. The number of fused-ring (bicyclic) bond motifs is 1. The van der Waals surface area contributed by atoms with Crippen LogP contribution in [-0.2, 0) is 4.74 Å². The van der Waals surface area contributed by atoms with Gasteiger partial charge in [0.1, 0.15) is 0 Å². The standard InChI is InChI=1S/C13H14N2O/c1-2-4-12-10(3-1)7-11(8-15-12)13-9-16-6-5-14-13/h1-4,7-8,13-14H,5-6,9H2. The van der Waals surface area contributed by atoms with E-state index in [0.29, 0.717) is 0 Å². The van der Waals surface area contributed by atoms with Crippen LogP contribution in [0.2, 0.25) is 0 Å². The van der Waals surface area contributed by atoms with E-state index in [1.54, 1.807) is 0 Å². The molecule has 1 N–H and O–H groups in total. The third kappa shape index (κ3) is 1.79. The Kier molecular flexibility index (Phi) is 2.56. The molecule has 0 bridgehead atoms. The van der Waals surface area contributed by atoms with Crippen LogP contribution in [0, 0.1) is 0 Å². The predicted octanol–water partition coefficient (Wildman–Crippen LogP) is 1.90. The Bertz CT molecular complexity index is 492. The fraction of sp³-hybridized carbons (Fsp3) is 0.308. The summed E-state index contributed by atoms with van der Waals surface area (Å²) in [5, 5.41) is 4.62. The van der Waals surface area contributed by atoms with Gasteiger partial charge in [0.05, 0.1) is 24.8 Å². The Morgan fingerprint density at radius 1 is 1.31 bits per heavy atom. The third-order valence-corrected chi connectivity index (χ3v) is 2.94. The van der Waals surface area contributed by atoms with Crippen LogP contribution in [0.1, 0.15) is 11.6 Å². The molecule has 3 nitrogen and oxygen atoms in total. The summed E-state index contributed by atoms with van der Waals surface area (Å²) in [6, 6.07) is 10.6. The lowest BCUT2D eigenvalue weighted by Gasteiger charge is -2.24. The second-order valence-corrected chi connectivity index (χ2v) is 4.04. The number of benzene rings is 1. The fourth-order valence-electron chi connectivity index (χ4n) is 2.06. The Morgan fingerprint density at radius 2 is 2.25 bits per heavy atom. The zero-order chi connectivity index (χ0) is 10.8. The molecule has 16 heavy (non-hydrogen) atoms. The van der Waals surface area contributed by atoms with Gasteiger partial charge in [0.2, 0.25) is 0 Å². The fourth-order valence-corrected chi connectivity index (χ4v) is 2.06. The van der Waals surface area contributed by atoms with Gasteiger partial charge in [0.25, 0.3) is 0 Å². The minimum absolute atomic E-state index is 0.283. The molecule has 3 rings (SSSR count). The molecule has 1 unspecified atom stereocenters. The van der Waals surface area contributed by atoms with Gasteiger partial charge in [-0.15, -0.1) is 0 Å². The minimum Gasteiger partial charge on any atom is -0.378 e. The summed E-state index contributed by atoms with van der Waals surface area (Å²) in [5.74, 6) is 0. The molecule has 1 fully saturated rings. The summed E-state index contributed by atoms with van der Waals surface area (Å²) >= 11 is 0. The maximum atomic E-state index is 5.46. The lowest BCUT2D eigenvalue weighted by Crippen LogP contribution is -2.34. The topological polar surface area (TPSA) is 34.1 Å². The number of ether oxygens (including phenoxy) is 1. The van der Waals surface area contributed by atoms with Crippen LogP contribution in [0.5, 0.6) is 0 Å². The van der Waals surface area contributed by atoms with E-state index >= 15 is 0 Å². The molecule has 1 atom stereocenters. The largest absolute Gasteiger partial charge is 0.378 e. The molecule has 0 saturated carbocycles. The molecule has 1 aliphatic rings. The summed E-state index contributed by atoms with van der Waals surface area (Å²) in [5.41, 5.74) is 2.25. The van der Waals surface area contributed by atoms with E-state index in [0.717, 1.165) is 25.3 Å². The molecule has 0 amide bonds. The van der Waals surface area contributed by atoms with E-state index in [-0.39, 0.29) is 6.04 Å². The number of hydrogen-bond acceptors (Lipinski definition) is 3. The van der Waals surface area contributed by atoms with E-state index in [9.17, 15) is 0 Å². The van der Waals surface area contributed by atoms with Gasteiger partial charge in [-0.25, -0.2) is 0 Å². The molecule has 0 radical (unpaired) electrons. The van der Waals surface area contributed by atoms with Gasteiger partial charge in [0, 0.05) is 18.1 Å². The molecule has 1 aromatic carbocycles. The molecule has 82 valence electrons. The van der Waals surface area contributed by atoms with Crippen molar-refractivity contribution in [1.82, 2.24) is 10.3 Å². The molecule has 0 spiro atoms. The van der Waals surface area contributed by atoms with Crippen molar-refractivity contribution in [3.8, 4) is 0 Å². The zero-order valence-corrected chi connectivity index (χ0v) is 9.02. The first-order valence-corrected chi connectivity index (χ1v) is 5.59. The molecule has 2 heterocycles. The van der Waals surface area contributed by atoms with Crippen LogP contribution < -0.4 is 5.32 Å². The monoisotopic (exact) mass is 214 g/mol. The number of aromatic nitrogens is 1. The van der Waals surface area contributed by atoms with E-state index < -0.39 is 0 Å². The highest BCUT2D eigenvalue weighted by Gasteiger charge is 2.15. The Labute approximate surface area is 94.5 Å². The molecule has 1 aliphatic heterocycles. The van der Waals surface area contributed by atoms with E-state index in [1.165, 1.54) is 10.9 Å². The summed E-state index contributed by atoms with van der Waals surface area (Å²) in [6.07, 6.45) is 1.94. The van der Waals surface area contributed by atoms with Crippen molar-refractivity contribution in [3.05, 3.63) is 42.1 Å². The van der Waals surface area contributed by atoms with E-state index in [1.807, 2.05) is 24.4 Å². The maximum absolute atomic E-state index is 5.46. The van der Waals surface area contributed by atoms with Gasteiger partial charge in [-0.05, 0) is 17.7 Å². The number of nitrogens with zero attached hydrogens (tertiary/aromatic N) is 1. The highest BCUT2D eigenvalue weighted by atomic mass is 16.5. The maximum Gasteiger partial charge on any atom is 0.0702 e. The molecular weight excluding hydrogens is 200 g/mol. The number of para-hydroxylation sites is 1. The average Bonchev–Trinajstić information content (AvgIpc) is 2.39. The number of morpholine rings is 1. The second kappa shape index (κ2) is 4.20. The van der Waals surface area contributed by atoms with Crippen LogP contribution in [0.4, 0.5) is 0 Å². The molecule has 2 aromatic rings. The third-order valence-electron chi connectivity index (χ3n) is 2.94. The van der Waals surface area contributed by atoms with Crippen molar-refractivity contribution in [3.63, 3.8) is 0 Å². The van der Waals surface area contributed by atoms with Crippen LogP contribution in [-0.4, -0.2) is 24.7 Å². The highest BCUT2D eigenvalue weighted by Crippen LogP contribution is 2.19. The normalized spacial score (nSPS) is 21.1. The predicted molar refractivity (Wildman–Crippen MR) is 63.3 cm³/mol. The van der Waals surface area contributed by atoms with Crippen molar-refractivity contribution in [2.45, 2.75) is 6.04 Å². The summed E-state index contributed by atoms with van der Waals surface area (Å²) < 4.78 is 5.46. The quantitative estimate of drug-likeness (QED) is 0.787. The van der Waals surface area contributed by atoms with Crippen LogP contribution in [0.3, 0.4) is 0 Å². The number of pyridine rings is 1. The first-order chi connectivity index (χ1) is 7.93. The Morgan fingerprint density at radius 3 is 3.12 bits per heavy atom. The van der Waals surface area contributed by atoms with Gasteiger partial charge in [-0.1, -0.05) is 18.2 Å². The highest BCUT2D eigenvalue weighted by molar-refractivity contribution is 5.78. The smallest absolute Gasteiger partial charge is 0.0702 e. The van der Waals surface area contributed by atoms with E-state index in [2.05, 4.69) is 22.4 Å². The van der Waals surface area contributed by atoms with Crippen LogP contribution in [0.25, 0.3) is 10.9 Å². The van der Waals surface area contributed by atoms with Gasteiger partial charge in [0.15, 0.2) is 0 Å². The summed E-state index contributed by atoms with van der Waals surface area (Å²) in [6.45, 7) is 2.45. The van der Waals surface area contributed by atoms with Crippen molar-refractivity contribution in [1.29, 1.82) is 0 Å². The minimum atomic E-state index is 0.283.